The molecule has 1 unspecified atom stereocenters. The topological polar surface area (TPSA) is 39.1 Å². The SMILES string of the molecule is CNC(Cc1ccn(C2CCCC2)n1)CC1(OC)CCC1. The van der Waals surface area contributed by atoms with Crippen molar-refractivity contribution >= 4 is 0 Å². The summed E-state index contributed by atoms with van der Waals surface area (Å²) in [6.07, 6.45) is 13.3. The van der Waals surface area contributed by atoms with Gasteiger partial charge in [0.15, 0.2) is 0 Å². The standard InChI is InChI=1S/C17H29N3O/c1-18-15(13-17(21-2)9-5-10-17)12-14-8-11-20(19-14)16-6-3-4-7-16/h8,11,15-16,18H,3-7,9-10,12-13H2,1-2H3. The molecule has 0 bridgehead atoms. The van der Waals surface area contributed by atoms with Gasteiger partial charge in [-0.1, -0.05) is 12.8 Å². The van der Waals surface area contributed by atoms with Crippen LogP contribution in [0.3, 0.4) is 0 Å². The van der Waals surface area contributed by atoms with Gasteiger partial charge >= 0.3 is 0 Å². The van der Waals surface area contributed by atoms with Crippen LogP contribution >= 0.6 is 0 Å². The number of ether oxygens (including phenoxy) is 1. The summed E-state index contributed by atoms with van der Waals surface area (Å²) in [5.74, 6) is 0. The maximum Gasteiger partial charge on any atom is 0.0693 e. The zero-order chi connectivity index (χ0) is 14.7. The van der Waals surface area contributed by atoms with Crippen molar-refractivity contribution in [1.82, 2.24) is 15.1 Å². The molecule has 118 valence electrons. The molecule has 0 saturated heterocycles. The molecule has 2 aliphatic carbocycles. The Kier molecular flexibility index (Phi) is 4.65. The van der Waals surface area contributed by atoms with Gasteiger partial charge in [-0.3, -0.25) is 4.68 Å². The third kappa shape index (κ3) is 3.32. The van der Waals surface area contributed by atoms with Crippen LogP contribution < -0.4 is 5.32 Å². The molecule has 0 aromatic carbocycles. The molecule has 3 rings (SSSR count). The van der Waals surface area contributed by atoms with Crippen molar-refractivity contribution < 1.29 is 4.74 Å². The monoisotopic (exact) mass is 291 g/mol. The molecule has 1 aromatic rings. The number of nitrogens with one attached hydrogen (secondary N) is 1. The van der Waals surface area contributed by atoms with Crippen LogP contribution in [0.5, 0.6) is 0 Å². The summed E-state index contributed by atoms with van der Waals surface area (Å²) in [5, 5.41) is 8.27. The first kappa shape index (κ1) is 15.0. The van der Waals surface area contributed by atoms with E-state index in [0.29, 0.717) is 12.1 Å². The Balaban J connectivity index is 1.58. The number of hydrogen-bond donors (Lipinski definition) is 1. The molecule has 0 spiro atoms. The van der Waals surface area contributed by atoms with Crippen LogP contribution in [-0.2, 0) is 11.2 Å². The molecule has 1 heterocycles. The molecule has 1 aromatic heterocycles. The number of rotatable bonds is 7. The van der Waals surface area contributed by atoms with Crippen molar-refractivity contribution in [1.29, 1.82) is 0 Å². The second-order valence-corrected chi connectivity index (χ2v) is 6.86. The summed E-state index contributed by atoms with van der Waals surface area (Å²) in [7, 11) is 3.92. The molecule has 1 atom stereocenters. The summed E-state index contributed by atoms with van der Waals surface area (Å²) in [5.41, 5.74) is 1.34. The Bertz CT molecular complexity index is 441. The average molecular weight is 291 g/mol. The fourth-order valence-corrected chi connectivity index (χ4v) is 3.90. The van der Waals surface area contributed by atoms with Gasteiger partial charge in [0.2, 0.25) is 0 Å². The molecule has 0 aliphatic heterocycles. The van der Waals surface area contributed by atoms with Gasteiger partial charge in [0.25, 0.3) is 0 Å². The average Bonchev–Trinajstić information content (AvgIpc) is 3.12. The molecule has 4 nitrogen and oxygen atoms in total. The minimum atomic E-state index is 0.127. The highest BCUT2D eigenvalue weighted by molar-refractivity contribution is 5.04. The molecule has 2 fully saturated rings. The van der Waals surface area contributed by atoms with Crippen molar-refractivity contribution in [3.63, 3.8) is 0 Å². The lowest BCUT2D eigenvalue weighted by Gasteiger charge is -2.42. The van der Waals surface area contributed by atoms with Crippen LogP contribution in [-0.4, -0.2) is 35.6 Å². The Labute approximate surface area is 128 Å². The summed E-state index contributed by atoms with van der Waals surface area (Å²) in [6.45, 7) is 0. The largest absolute Gasteiger partial charge is 0.378 e. The first-order chi connectivity index (χ1) is 10.2. The summed E-state index contributed by atoms with van der Waals surface area (Å²) in [4.78, 5) is 0. The van der Waals surface area contributed by atoms with Crippen molar-refractivity contribution in [2.24, 2.45) is 0 Å². The molecular weight excluding hydrogens is 262 g/mol. The quantitative estimate of drug-likeness (QED) is 0.839. The first-order valence-electron chi connectivity index (χ1n) is 8.51. The third-order valence-corrected chi connectivity index (χ3v) is 5.54. The molecule has 1 N–H and O–H groups in total. The molecular formula is C17H29N3O. The molecule has 0 amide bonds. The van der Waals surface area contributed by atoms with Crippen LogP contribution in [0.1, 0.15) is 63.1 Å². The highest BCUT2D eigenvalue weighted by Gasteiger charge is 2.38. The smallest absolute Gasteiger partial charge is 0.0693 e. The molecule has 2 saturated carbocycles. The number of likely N-dealkylation sites (N-methyl/N-ethyl adjacent to an activating group) is 1. The van der Waals surface area contributed by atoms with Gasteiger partial charge in [-0.2, -0.15) is 5.10 Å². The van der Waals surface area contributed by atoms with Gasteiger partial charge in [0.1, 0.15) is 0 Å². The van der Waals surface area contributed by atoms with E-state index >= 15 is 0 Å². The van der Waals surface area contributed by atoms with E-state index in [1.165, 1.54) is 50.6 Å². The predicted molar refractivity (Wildman–Crippen MR) is 84.5 cm³/mol. The minimum absolute atomic E-state index is 0.127. The number of methoxy groups -OCH3 is 1. The zero-order valence-corrected chi connectivity index (χ0v) is 13.5. The van der Waals surface area contributed by atoms with Crippen molar-refractivity contribution in [2.75, 3.05) is 14.2 Å². The van der Waals surface area contributed by atoms with Gasteiger partial charge in [0.05, 0.1) is 17.3 Å². The molecule has 21 heavy (non-hydrogen) atoms. The van der Waals surface area contributed by atoms with E-state index in [0.717, 1.165) is 12.8 Å². The predicted octanol–water partition coefficient (Wildman–Crippen LogP) is 3.09. The molecule has 2 aliphatic rings. The van der Waals surface area contributed by atoms with Crippen LogP contribution in [0.2, 0.25) is 0 Å². The lowest BCUT2D eigenvalue weighted by Crippen LogP contribution is -2.45. The van der Waals surface area contributed by atoms with E-state index in [1.54, 1.807) is 0 Å². The van der Waals surface area contributed by atoms with Crippen LogP contribution in [0.25, 0.3) is 0 Å². The Morgan fingerprint density at radius 3 is 2.71 bits per heavy atom. The van der Waals surface area contributed by atoms with Crippen molar-refractivity contribution in [3.05, 3.63) is 18.0 Å². The first-order valence-corrected chi connectivity index (χ1v) is 8.51. The van der Waals surface area contributed by atoms with Gasteiger partial charge < -0.3 is 10.1 Å². The number of nitrogens with zero attached hydrogens (tertiary/aromatic N) is 2. The van der Waals surface area contributed by atoms with Gasteiger partial charge in [-0.25, -0.2) is 0 Å². The van der Waals surface area contributed by atoms with Gasteiger partial charge in [-0.15, -0.1) is 0 Å². The second-order valence-electron chi connectivity index (χ2n) is 6.86. The zero-order valence-electron chi connectivity index (χ0n) is 13.5. The maximum atomic E-state index is 5.76. The van der Waals surface area contributed by atoms with Gasteiger partial charge in [-0.05, 0) is 51.6 Å². The van der Waals surface area contributed by atoms with E-state index in [2.05, 4.69) is 29.3 Å². The van der Waals surface area contributed by atoms with E-state index in [4.69, 9.17) is 9.84 Å². The van der Waals surface area contributed by atoms with Gasteiger partial charge in [0, 0.05) is 25.8 Å². The van der Waals surface area contributed by atoms with E-state index in [1.807, 2.05) is 7.11 Å². The second kappa shape index (κ2) is 6.49. The highest BCUT2D eigenvalue weighted by Crippen LogP contribution is 2.39. The summed E-state index contributed by atoms with van der Waals surface area (Å²) < 4.78 is 7.96. The van der Waals surface area contributed by atoms with E-state index in [-0.39, 0.29) is 5.60 Å². The van der Waals surface area contributed by atoms with Crippen LogP contribution in [0.4, 0.5) is 0 Å². The normalized spacial score (nSPS) is 23.1. The van der Waals surface area contributed by atoms with Crippen molar-refractivity contribution in [3.8, 4) is 0 Å². The third-order valence-electron chi connectivity index (χ3n) is 5.54. The minimum Gasteiger partial charge on any atom is -0.378 e. The Morgan fingerprint density at radius 2 is 2.14 bits per heavy atom. The Morgan fingerprint density at radius 1 is 1.38 bits per heavy atom. The van der Waals surface area contributed by atoms with Crippen LogP contribution in [0, 0.1) is 0 Å². The lowest BCUT2D eigenvalue weighted by molar-refractivity contribution is -0.0830. The van der Waals surface area contributed by atoms with Crippen molar-refractivity contribution in [2.45, 2.75) is 75.5 Å². The molecule has 0 radical (unpaired) electrons. The lowest BCUT2D eigenvalue weighted by atomic mass is 9.75. The summed E-state index contributed by atoms with van der Waals surface area (Å²) in [6, 6.07) is 3.30. The van der Waals surface area contributed by atoms with E-state index < -0.39 is 0 Å². The highest BCUT2D eigenvalue weighted by atomic mass is 16.5. The maximum absolute atomic E-state index is 5.76. The number of hydrogen-bond acceptors (Lipinski definition) is 3. The fraction of sp³-hybridized carbons (Fsp3) is 0.824. The molecule has 4 heteroatoms. The fourth-order valence-electron chi connectivity index (χ4n) is 3.90. The number of aromatic nitrogens is 2. The summed E-state index contributed by atoms with van der Waals surface area (Å²) >= 11 is 0. The van der Waals surface area contributed by atoms with E-state index in [9.17, 15) is 0 Å². The van der Waals surface area contributed by atoms with Crippen LogP contribution in [0.15, 0.2) is 12.3 Å². The Hall–Kier alpha value is -0.870.